The molecule has 6 heteroatoms. The molecule has 0 aliphatic rings. The van der Waals surface area contributed by atoms with Crippen LogP contribution in [0.4, 0.5) is 0 Å². The fraction of sp³-hybridized carbons (Fsp3) is 0.0714. The molecule has 3 aromatic heterocycles. The molecule has 0 saturated carbocycles. The molecular formula is C14H13N5S. The second kappa shape index (κ2) is 5.26. The summed E-state index contributed by atoms with van der Waals surface area (Å²) in [6, 6.07) is 7.83. The molecule has 20 heavy (non-hydrogen) atoms. The van der Waals surface area contributed by atoms with Crippen molar-refractivity contribution in [2.75, 3.05) is 0 Å². The molecule has 100 valence electrons. The molecule has 3 aromatic rings. The minimum Gasteiger partial charge on any atom is -0.382 e. The summed E-state index contributed by atoms with van der Waals surface area (Å²) in [5.74, 6) is 0.900. The van der Waals surface area contributed by atoms with E-state index in [-0.39, 0.29) is 5.84 Å². The first kappa shape index (κ1) is 12.6. The molecule has 0 atom stereocenters. The van der Waals surface area contributed by atoms with Crippen molar-refractivity contribution >= 4 is 17.2 Å². The second-order valence-electron chi connectivity index (χ2n) is 4.28. The summed E-state index contributed by atoms with van der Waals surface area (Å²) < 4.78 is 2.04. The van der Waals surface area contributed by atoms with Crippen LogP contribution in [-0.4, -0.2) is 20.4 Å². The number of thiophene rings is 1. The first-order valence-corrected chi connectivity index (χ1v) is 6.97. The van der Waals surface area contributed by atoms with Gasteiger partial charge >= 0.3 is 0 Å². The molecule has 3 heterocycles. The molecule has 0 aliphatic carbocycles. The highest BCUT2D eigenvalue weighted by Crippen LogP contribution is 2.23. The third kappa shape index (κ3) is 2.33. The number of nitrogen functional groups attached to an aromatic ring is 1. The molecule has 0 saturated heterocycles. The number of hydrogen-bond donors (Lipinski definition) is 2. The predicted octanol–water partition coefficient (Wildman–Crippen LogP) is 2.34. The van der Waals surface area contributed by atoms with Gasteiger partial charge < -0.3 is 10.3 Å². The predicted molar refractivity (Wildman–Crippen MR) is 79.9 cm³/mol. The molecule has 3 N–H and O–H groups in total. The van der Waals surface area contributed by atoms with Crippen LogP contribution in [0.25, 0.3) is 10.7 Å². The molecule has 0 radical (unpaired) electrons. The van der Waals surface area contributed by atoms with Crippen LogP contribution in [0.3, 0.4) is 0 Å². The summed E-state index contributed by atoms with van der Waals surface area (Å²) in [6.45, 7) is 0.593. The maximum Gasteiger partial charge on any atom is 0.150 e. The lowest BCUT2D eigenvalue weighted by Crippen LogP contribution is -2.17. The van der Waals surface area contributed by atoms with Gasteiger partial charge in [-0.15, -0.1) is 11.3 Å². The SMILES string of the molecule is N=C(N)c1ncccc1Cn1ccnc1-c1cccs1. The number of aromatic nitrogens is 3. The smallest absolute Gasteiger partial charge is 0.150 e. The molecule has 3 rings (SSSR count). The number of nitrogens with zero attached hydrogens (tertiary/aromatic N) is 3. The summed E-state index contributed by atoms with van der Waals surface area (Å²) in [5.41, 5.74) is 7.01. The topological polar surface area (TPSA) is 80.6 Å². The van der Waals surface area contributed by atoms with Gasteiger partial charge in [0.05, 0.1) is 11.4 Å². The van der Waals surface area contributed by atoms with Gasteiger partial charge in [0.1, 0.15) is 17.4 Å². The van der Waals surface area contributed by atoms with Crippen molar-refractivity contribution in [1.29, 1.82) is 5.41 Å². The van der Waals surface area contributed by atoms with Crippen LogP contribution in [0.15, 0.2) is 48.2 Å². The van der Waals surface area contributed by atoms with Gasteiger partial charge in [-0.05, 0) is 17.5 Å². The Labute approximate surface area is 120 Å². The summed E-state index contributed by atoms with van der Waals surface area (Å²) in [5, 5.41) is 9.62. The van der Waals surface area contributed by atoms with Gasteiger partial charge in [-0.2, -0.15) is 0 Å². The number of amidine groups is 1. The Kier molecular flexibility index (Phi) is 3.30. The molecule has 0 fully saturated rings. The number of nitrogens with two attached hydrogens (primary N) is 1. The van der Waals surface area contributed by atoms with E-state index >= 15 is 0 Å². The molecule has 5 nitrogen and oxygen atoms in total. The summed E-state index contributed by atoms with van der Waals surface area (Å²) in [4.78, 5) is 9.68. The van der Waals surface area contributed by atoms with Crippen LogP contribution in [-0.2, 0) is 6.54 Å². The Morgan fingerprint density at radius 3 is 2.90 bits per heavy atom. The minimum atomic E-state index is -0.0154. The van der Waals surface area contributed by atoms with E-state index in [9.17, 15) is 0 Å². The number of pyridine rings is 1. The fourth-order valence-electron chi connectivity index (χ4n) is 2.06. The van der Waals surface area contributed by atoms with Gasteiger partial charge in [0.15, 0.2) is 0 Å². The van der Waals surface area contributed by atoms with E-state index < -0.39 is 0 Å². The lowest BCUT2D eigenvalue weighted by atomic mass is 10.2. The molecule has 0 amide bonds. The zero-order chi connectivity index (χ0) is 13.9. The molecule has 0 bridgehead atoms. The second-order valence-corrected chi connectivity index (χ2v) is 5.23. The number of imidazole rings is 1. The van der Waals surface area contributed by atoms with E-state index in [1.165, 1.54) is 0 Å². The Bertz CT molecular complexity index is 730. The van der Waals surface area contributed by atoms with E-state index in [0.717, 1.165) is 16.3 Å². The first-order valence-electron chi connectivity index (χ1n) is 6.09. The van der Waals surface area contributed by atoms with Gasteiger partial charge in [-0.25, -0.2) is 4.98 Å². The van der Waals surface area contributed by atoms with Crippen molar-refractivity contribution in [3.63, 3.8) is 0 Å². The quantitative estimate of drug-likeness (QED) is 0.569. The maximum absolute atomic E-state index is 7.59. The average molecular weight is 283 g/mol. The lowest BCUT2D eigenvalue weighted by Gasteiger charge is -2.10. The van der Waals surface area contributed by atoms with Crippen molar-refractivity contribution < 1.29 is 0 Å². The number of rotatable bonds is 4. The Morgan fingerprint density at radius 1 is 1.25 bits per heavy atom. The zero-order valence-corrected chi connectivity index (χ0v) is 11.5. The molecule has 0 aliphatic heterocycles. The minimum absolute atomic E-state index is 0.0154. The van der Waals surface area contributed by atoms with Crippen molar-refractivity contribution in [2.24, 2.45) is 5.73 Å². The molecular weight excluding hydrogens is 270 g/mol. The zero-order valence-electron chi connectivity index (χ0n) is 10.7. The summed E-state index contributed by atoms with van der Waals surface area (Å²) >= 11 is 1.65. The van der Waals surface area contributed by atoms with Crippen molar-refractivity contribution in [1.82, 2.24) is 14.5 Å². The average Bonchev–Trinajstić information content (AvgIpc) is 3.09. The van der Waals surface area contributed by atoms with Gasteiger partial charge in [-0.1, -0.05) is 12.1 Å². The maximum atomic E-state index is 7.59. The van der Waals surface area contributed by atoms with Crippen LogP contribution in [0.5, 0.6) is 0 Å². The van der Waals surface area contributed by atoms with Crippen LogP contribution in [0, 0.1) is 5.41 Å². The summed E-state index contributed by atoms with van der Waals surface area (Å²) in [7, 11) is 0. The molecule has 0 unspecified atom stereocenters. The standard InChI is InChI=1S/C14H13N5S/c15-13(16)12-10(3-1-5-17-12)9-19-7-6-18-14(19)11-4-2-8-20-11/h1-8H,9H2,(H3,15,16). The normalized spacial score (nSPS) is 10.6. The van der Waals surface area contributed by atoms with Crippen LogP contribution >= 0.6 is 11.3 Å². The molecule has 0 aromatic carbocycles. The highest BCUT2D eigenvalue weighted by atomic mass is 32.1. The highest BCUT2D eigenvalue weighted by molar-refractivity contribution is 7.13. The monoisotopic (exact) mass is 283 g/mol. The van der Waals surface area contributed by atoms with E-state index in [1.807, 2.05) is 40.4 Å². The van der Waals surface area contributed by atoms with Gasteiger partial charge in [0.25, 0.3) is 0 Å². The van der Waals surface area contributed by atoms with Gasteiger partial charge in [0.2, 0.25) is 0 Å². The van der Waals surface area contributed by atoms with E-state index in [0.29, 0.717) is 12.2 Å². The van der Waals surface area contributed by atoms with Gasteiger partial charge in [0, 0.05) is 24.2 Å². The first-order chi connectivity index (χ1) is 9.75. The van der Waals surface area contributed by atoms with E-state index in [4.69, 9.17) is 11.1 Å². The van der Waals surface area contributed by atoms with Crippen LogP contribution in [0.1, 0.15) is 11.3 Å². The Morgan fingerprint density at radius 2 is 2.15 bits per heavy atom. The lowest BCUT2D eigenvalue weighted by molar-refractivity contribution is 0.802. The highest BCUT2D eigenvalue weighted by Gasteiger charge is 2.11. The largest absolute Gasteiger partial charge is 0.382 e. The molecule has 0 spiro atoms. The van der Waals surface area contributed by atoms with Crippen molar-refractivity contribution in [3.8, 4) is 10.7 Å². The van der Waals surface area contributed by atoms with Crippen LogP contribution in [0.2, 0.25) is 0 Å². The van der Waals surface area contributed by atoms with E-state index in [1.54, 1.807) is 23.7 Å². The Hall–Kier alpha value is -2.47. The number of nitrogens with one attached hydrogen (secondary N) is 1. The van der Waals surface area contributed by atoms with Gasteiger partial charge in [-0.3, -0.25) is 10.4 Å². The third-order valence-electron chi connectivity index (χ3n) is 2.94. The van der Waals surface area contributed by atoms with Crippen LogP contribution < -0.4 is 5.73 Å². The van der Waals surface area contributed by atoms with E-state index in [2.05, 4.69) is 9.97 Å². The fourth-order valence-corrected chi connectivity index (χ4v) is 2.80. The van der Waals surface area contributed by atoms with Crippen molar-refractivity contribution in [3.05, 3.63) is 59.5 Å². The summed E-state index contributed by atoms with van der Waals surface area (Å²) in [6.07, 6.45) is 5.35. The van der Waals surface area contributed by atoms with Crippen molar-refractivity contribution in [2.45, 2.75) is 6.54 Å². The number of hydrogen-bond acceptors (Lipinski definition) is 4. The third-order valence-corrected chi connectivity index (χ3v) is 3.81. The Balaban J connectivity index is 1.97.